The van der Waals surface area contributed by atoms with Gasteiger partial charge < -0.3 is 20.6 Å². The highest BCUT2D eigenvalue weighted by Gasteiger charge is 2.34. The van der Waals surface area contributed by atoms with Gasteiger partial charge in [-0.3, -0.25) is 9.59 Å². The Bertz CT molecular complexity index is 618. The number of carbonyl (C=O) groups excluding carboxylic acids is 2. The normalized spacial score (nSPS) is 17.2. The molecule has 1 aliphatic rings. The van der Waals surface area contributed by atoms with Gasteiger partial charge in [0.2, 0.25) is 5.91 Å². The van der Waals surface area contributed by atoms with Crippen LogP contribution in [0, 0.1) is 11.6 Å². The summed E-state index contributed by atoms with van der Waals surface area (Å²) in [6.45, 7) is -0.128. The van der Waals surface area contributed by atoms with Gasteiger partial charge in [-0.2, -0.15) is 0 Å². The Balaban J connectivity index is 1.95. The second-order valence-corrected chi connectivity index (χ2v) is 5.02. The number of anilines is 1. The summed E-state index contributed by atoms with van der Waals surface area (Å²) in [4.78, 5) is 34.8. The second-order valence-electron chi connectivity index (χ2n) is 5.02. The molecule has 1 aromatic carbocycles. The number of urea groups is 1. The predicted octanol–water partition coefficient (Wildman–Crippen LogP) is 0.844. The number of hydrogen-bond acceptors (Lipinski definition) is 3. The van der Waals surface area contributed by atoms with E-state index in [1.54, 1.807) is 0 Å². The van der Waals surface area contributed by atoms with Gasteiger partial charge in [-0.05, 0) is 12.1 Å². The molecule has 0 spiro atoms. The molecule has 0 aromatic heterocycles. The number of rotatable bonds is 5. The van der Waals surface area contributed by atoms with Crippen molar-refractivity contribution in [1.82, 2.24) is 10.6 Å². The summed E-state index contributed by atoms with van der Waals surface area (Å²) in [5.74, 6) is -3.28. The van der Waals surface area contributed by atoms with E-state index in [2.05, 4.69) is 10.6 Å². The maximum absolute atomic E-state index is 13.7. The molecule has 0 radical (unpaired) electrons. The summed E-state index contributed by atoms with van der Waals surface area (Å²) < 4.78 is 27.4. The molecule has 124 valence electrons. The molecule has 2 rings (SSSR count). The maximum atomic E-state index is 13.7. The number of hydrogen-bond donors (Lipinski definition) is 3. The van der Waals surface area contributed by atoms with Crippen LogP contribution in [0.25, 0.3) is 0 Å². The third-order valence-corrected chi connectivity index (χ3v) is 3.29. The summed E-state index contributed by atoms with van der Waals surface area (Å²) in [6.07, 6.45) is -0.330. The van der Waals surface area contributed by atoms with Crippen LogP contribution in [0.3, 0.4) is 0 Å². The van der Waals surface area contributed by atoms with Crippen molar-refractivity contribution in [1.29, 1.82) is 0 Å². The molecule has 1 fully saturated rings. The predicted molar refractivity (Wildman–Crippen MR) is 75.9 cm³/mol. The lowest BCUT2D eigenvalue weighted by molar-refractivity contribution is -0.136. The fraction of sp³-hybridized carbons (Fsp3) is 0.357. The number of aliphatic carboxylic acids is 1. The van der Waals surface area contributed by atoms with Crippen molar-refractivity contribution in [3.05, 3.63) is 29.8 Å². The Morgan fingerprint density at radius 3 is 2.57 bits per heavy atom. The first kappa shape index (κ1) is 16.7. The number of carbonyl (C=O) groups is 3. The van der Waals surface area contributed by atoms with Crippen LogP contribution < -0.4 is 15.5 Å². The van der Waals surface area contributed by atoms with E-state index in [1.165, 1.54) is 6.07 Å². The lowest BCUT2D eigenvalue weighted by Crippen LogP contribution is -2.44. The van der Waals surface area contributed by atoms with Crippen LogP contribution in [0.15, 0.2) is 18.2 Å². The topological polar surface area (TPSA) is 98.7 Å². The van der Waals surface area contributed by atoms with Gasteiger partial charge in [-0.15, -0.1) is 0 Å². The molecule has 9 heteroatoms. The van der Waals surface area contributed by atoms with Crippen LogP contribution in [0.4, 0.5) is 19.3 Å². The quantitative estimate of drug-likeness (QED) is 0.746. The summed E-state index contributed by atoms with van der Waals surface area (Å²) in [6, 6.07) is 2.03. The third kappa shape index (κ3) is 4.15. The zero-order chi connectivity index (χ0) is 17.0. The molecule has 3 N–H and O–H groups in total. The summed E-state index contributed by atoms with van der Waals surface area (Å²) in [7, 11) is 0. The first-order valence-corrected chi connectivity index (χ1v) is 6.89. The molecule has 1 aliphatic heterocycles. The minimum atomic E-state index is -1.05. The molecule has 7 nitrogen and oxygen atoms in total. The molecule has 3 amide bonds. The highest BCUT2D eigenvalue weighted by atomic mass is 19.1. The van der Waals surface area contributed by atoms with Gasteiger partial charge >= 0.3 is 12.0 Å². The number of halogens is 2. The molecule has 1 unspecified atom stereocenters. The number of nitrogens with zero attached hydrogens (tertiary/aromatic N) is 1. The Morgan fingerprint density at radius 1 is 1.30 bits per heavy atom. The van der Waals surface area contributed by atoms with E-state index in [-0.39, 0.29) is 25.9 Å². The van der Waals surface area contributed by atoms with Crippen molar-refractivity contribution in [2.24, 2.45) is 0 Å². The van der Waals surface area contributed by atoms with E-state index < -0.39 is 41.3 Å². The van der Waals surface area contributed by atoms with Crippen molar-refractivity contribution in [3.63, 3.8) is 0 Å². The monoisotopic (exact) mass is 327 g/mol. The summed E-state index contributed by atoms with van der Waals surface area (Å²) in [5.41, 5.74) is -0.437. The van der Waals surface area contributed by atoms with Crippen molar-refractivity contribution < 1.29 is 28.3 Å². The average molecular weight is 327 g/mol. The minimum absolute atomic E-state index is 0.0620. The van der Waals surface area contributed by atoms with E-state index >= 15 is 0 Å². The third-order valence-electron chi connectivity index (χ3n) is 3.29. The molecule has 1 heterocycles. The fourth-order valence-corrected chi connectivity index (χ4v) is 2.29. The fourth-order valence-electron chi connectivity index (χ4n) is 2.29. The van der Waals surface area contributed by atoms with Gasteiger partial charge in [0, 0.05) is 19.5 Å². The lowest BCUT2D eigenvalue weighted by atomic mass is 10.2. The van der Waals surface area contributed by atoms with Gasteiger partial charge in [0.15, 0.2) is 0 Å². The summed E-state index contributed by atoms with van der Waals surface area (Å²) >= 11 is 0. The van der Waals surface area contributed by atoms with Gasteiger partial charge in [-0.1, -0.05) is 6.07 Å². The maximum Gasteiger partial charge on any atom is 0.315 e. The highest BCUT2D eigenvalue weighted by molar-refractivity contribution is 5.97. The Hall–Kier alpha value is -2.71. The highest BCUT2D eigenvalue weighted by Crippen LogP contribution is 2.27. The van der Waals surface area contributed by atoms with E-state index in [9.17, 15) is 23.2 Å². The van der Waals surface area contributed by atoms with Crippen molar-refractivity contribution in [2.45, 2.75) is 18.9 Å². The SMILES string of the molecule is O=C(O)CCNC(=O)NC1CC(=O)N(c2c(F)cccc2F)C1. The first-order chi connectivity index (χ1) is 10.9. The van der Waals surface area contributed by atoms with Gasteiger partial charge in [0.1, 0.15) is 17.3 Å². The minimum Gasteiger partial charge on any atom is -0.481 e. The van der Waals surface area contributed by atoms with Crippen LogP contribution >= 0.6 is 0 Å². The van der Waals surface area contributed by atoms with Crippen LogP contribution in [-0.2, 0) is 9.59 Å². The molecule has 1 aromatic rings. The molecule has 0 aliphatic carbocycles. The zero-order valence-electron chi connectivity index (χ0n) is 12.0. The molecule has 0 bridgehead atoms. The molecule has 1 saturated heterocycles. The Labute approximate surface area is 130 Å². The number of carboxylic acid groups (broad SMARTS) is 1. The molecule has 0 saturated carbocycles. The van der Waals surface area contributed by atoms with E-state index in [4.69, 9.17) is 5.11 Å². The second kappa shape index (κ2) is 7.03. The Kier molecular flexibility index (Phi) is 5.09. The van der Waals surface area contributed by atoms with Crippen molar-refractivity contribution >= 4 is 23.6 Å². The van der Waals surface area contributed by atoms with Crippen LogP contribution in [0.2, 0.25) is 0 Å². The Morgan fingerprint density at radius 2 is 1.96 bits per heavy atom. The number of benzene rings is 1. The number of para-hydroxylation sites is 1. The van der Waals surface area contributed by atoms with Gasteiger partial charge in [0.05, 0.1) is 12.5 Å². The smallest absolute Gasteiger partial charge is 0.315 e. The van der Waals surface area contributed by atoms with Crippen molar-refractivity contribution in [3.8, 4) is 0 Å². The molecule has 1 atom stereocenters. The zero-order valence-corrected chi connectivity index (χ0v) is 12.0. The lowest BCUT2D eigenvalue weighted by Gasteiger charge is -2.18. The summed E-state index contributed by atoms with van der Waals surface area (Å²) in [5, 5.41) is 13.3. The van der Waals surface area contributed by atoms with Crippen LogP contribution in [0.5, 0.6) is 0 Å². The van der Waals surface area contributed by atoms with E-state index in [1.807, 2.05) is 0 Å². The van der Waals surface area contributed by atoms with E-state index in [0.717, 1.165) is 17.0 Å². The van der Waals surface area contributed by atoms with Crippen molar-refractivity contribution in [2.75, 3.05) is 18.0 Å². The molecular weight excluding hydrogens is 312 g/mol. The largest absolute Gasteiger partial charge is 0.481 e. The van der Waals surface area contributed by atoms with Crippen LogP contribution in [0.1, 0.15) is 12.8 Å². The number of amides is 3. The van der Waals surface area contributed by atoms with Crippen LogP contribution in [-0.4, -0.2) is 42.1 Å². The van der Waals surface area contributed by atoms with Gasteiger partial charge in [-0.25, -0.2) is 13.6 Å². The average Bonchev–Trinajstić information content (AvgIpc) is 2.78. The molecule has 23 heavy (non-hydrogen) atoms. The first-order valence-electron chi connectivity index (χ1n) is 6.89. The number of carboxylic acids is 1. The van der Waals surface area contributed by atoms with Gasteiger partial charge in [0.25, 0.3) is 0 Å². The van der Waals surface area contributed by atoms with E-state index in [0.29, 0.717) is 0 Å². The number of nitrogens with one attached hydrogen (secondary N) is 2. The standard InChI is InChI=1S/C14H15F2N3O4/c15-9-2-1-3-10(16)13(9)19-7-8(6-11(19)20)18-14(23)17-5-4-12(21)22/h1-3,8H,4-7H2,(H,21,22)(H2,17,18,23). The molecular formula is C14H15F2N3O4.